The van der Waals surface area contributed by atoms with Crippen molar-refractivity contribution < 1.29 is 0 Å². The summed E-state index contributed by atoms with van der Waals surface area (Å²) in [7, 11) is 0. The Balaban J connectivity index is 1.84. The predicted molar refractivity (Wildman–Crippen MR) is 96.1 cm³/mol. The molecule has 2 heterocycles. The Morgan fingerprint density at radius 3 is 2.62 bits per heavy atom. The van der Waals surface area contributed by atoms with Crippen LogP contribution in [0.2, 0.25) is 0 Å². The Labute approximate surface area is 139 Å². The van der Waals surface area contributed by atoms with Crippen molar-refractivity contribution in [3.63, 3.8) is 0 Å². The van der Waals surface area contributed by atoms with E-state index in [2.05, 4.69) is 50.2 Å². The fraction of sp³-hybridized carbons (Fsp3) is 0.167. The van der Waals surface area contributed by atoms with Gasteiger partial charge in [0.05, 0.1) is 6.21 Å². The summed E-state index contributed by atoms with van der Waals surface area (Å²) in [5.74, 6) is 0.327. The van der Waals surface area contributed by atoms with Gasteiger partial charge in [-0.25, -0.2) is 10.4 Å². The molecule has 3 rings (SSSR count). The molecule has 0 radical (unpaired) electrons. The van der Waals surface area contributed by atoms with Crippen molar-refractivity contribution in [1.29, 1.82) is 0 Å². The van der Waals surface area contributed by atoms with Gasteiger partial charge < -0.3 is 4.57 Å². The van der Waals surface area contributed by atoms with Crippen molar-refractivity contribution >= 4 is 12.2 Å². The van der Waals surface area contributed by atoms with Crippen LogP contribution in [0.5, 0.6) is 0 Å². The van der Waals surface area contributed by atoms with Crippen molar-refractivity contribution in [1.82, 2.24) is 14.5 Å². The van der Waals surface area contributed by atoms with E-state index in [9.17, 15) is 4.79 Å². The molecule has 0 bridgehead atoms. The van der Waals surface area contributed by atoms with E-state index >= 15 is 0 Å². The molecule has 24 heavy (non-hydrogen) atoms. The number of aromatic nitrogens is 3. The van der Waals surface area contributed by atoms with Gasteiger partial charge in [-0.3, -0.25) is 9.78 Å². The molecular weight excluding hydrogens is 302 g/mol. The number of hydrazone groups is 1. The molecule has 0 unspecified atom stereocenters. The zero-order chi connectivity index (χ0) is 17.1. The second-order valence-electron chi connectivity index (χ2n) is 5.60. The van der Waals surface area contributed by atoms with Crippen LogP contribution in [0.3, 0.4) is 0 Å². The number of aryl methyl sites for hydroxylation is 2. The number of hydrogen-bond donors (Lipinski definition) is 2. The Morgan fingerprint density at radius 1 is 1.17 bits per heavy atom. The SMILES string of the molecule is Cc1cc(=O)[nH]c(NN=Cc2cc(C)n(-c3ccccc3)c2C)n1. The van der Waals surface area contributed by atoms with E-state index in [0.29, 0.717) is 11.6 Å². The van der Waals surface area contributed by atoms with E-state index < -0.39 is 0 Å². The van der Waals surface area contributed by atoms with Crippen LogP contribution in [-0.4, -0.2) is 20.7 Å². The van der Waals surface area contributed by atoms with E-state index in [1.54, 1.807) is 13.1 Å². The van der Waals surface area contributed by atoms with E-state index in [-0.39, 0.29) is 5.56 Å². The molecule has 2 N–H and O–H groups in total. The van der Waals surface area contributed by atoms with Crippen LogP contribution in [0.4, 0.5) is 5.95 Å². The molecule has 3 aromatic rings. The maximum absolute atomic E-state index is 11.4. The summed E-state index contributed by atoms with van der Waals surface area (Å²) in [6, 6.07) is 13.7. The van der Waals surface area contributed by atoms with Gasteiger partial charge in [-0.05, 0) is 39.0 Å². The molecular formula is C18H19N5O. The molecule has 0 saturated carbocycles. The summed E-state index contributed by atoms with van der Waals surface area (Å²) < 4.78 is 2.17. The van der Waals surface area contributed by atoms with Crippen LogP contribution >= 0.6 is 0 Å². The number of hydrogen-bond acceptors (Lipinski definition) is 4. The third-order valence-electron chi connectivity index (χ3n) is 3.73. The standard InChI is InChI=1S/C18H19N5O/c1-12-9-17(24)21-18(20-12)22-19-11-15-10-13(2)23(14(15)3)16-7-5-4-6-8-16/h4-11H,1-3H3,(H2,20,21,22,24). The normalized spacial score (nSPS) is 11.1. The van der Waals surface area contributed by atoms with Gasteiger partial charge in [0.25, 0.3) is 5.56 Å². The average Bonchev–Trinajstić information content (AvgIpc) is 2.81. The maximum Gasteiger partial charge on any atom is 0.252 e. The summed E-state index contributed by atoms with van der Waals surface area (Å²) in [6.45, 7) is 5.87. The fourth-order valence-corrected chi connectivity index (χ4v) is 2.69. The van der Waals surface area contributed by atoms with Crippen molar-refractivity contribution in [3.05, 3.63) is 75.5 Å². The zero-order valence-corrected chi connectivity index (χ0v) is 13.9. The number of nitrogens with one attached hydrogen (secondary N) is 2. The minimum absolute atomic E-state index is 0.206. The molecule has 6 nitrogen and oxygen atoms in total. The van der Waals surface area contributed by atoms with Gasteiger partial charge in [0.15, 0.2) is 0 Å². The van der Waals surface area contributed by atoms with Crippen molar-refractivity contribution in [2.75, 3.05) is 5.43 Å². The van der Waals surface area contributed by atoms with E-state index in [1.807, 2.05) is 25.1 Å². The van der Waals surface area contributed by atoms with Gasteiger partial charge in [-0.15, -0.1) is 0 Å². The van der Waals surface area contributed by atoms with Gasteiger partial charge >= 0.3 is 0 Å². The molecule has 0 amide bonds. The molecule has 2 aromatic heterocycles. The minimum atomic E-state index is -0.206. The number of rotatable bonds is 4. The van der Waals surface area contributed by atoms with Crippen LogP contribution in [0, 0.1) is 20.8 Å². The summed E-state index contributed by atoms with van der Waals surface area (Å²) in [5.41, 5.74) is 7.53. The monoisotopic (exact) mass is 321 g/mol. The van der Waals surface area contributed by atoms with E-state index in [0.717, 1.165) is 22.6 Å². The first-order valence-corrected chi connectivity index (χ1v) is 7.66. The molecule has 0 aliphatic carbocycles. The summed E-state index contributed by atoms with van der Waals surface area (Å²) in [5, 5.41) is 4.18. The second kappa shape index (κ2) is 6.54. The Hall–Kier alpha value is -3.15. The second-order valence-corrected chi connectivity index (χ2v) is 5.60. The van der Waals surface area contributed by atoms with Crippen LogP contribution in [0.1, 0.15) is 22.6 Å². The van der Waals surface area contributed by atoms with Gasteiger partial charge in [0.2, 0.25) is 5.95 Å². The predicted octanol–water partition coefficient (Wildman–Crippen LogP) is 2.93. The van der Waals surface area contributed by atoms with Crippen LogP contribution in [-0.2, 0) is 0 Å². The molecule has 6 heteroatoms. The van der Waals surface area contributed by atoms with Gasteiger partial charge in [0, 0.05) is 34.4 Å². The van der Waals surface area contributed by atoms with Gasteiger partial charge in [0.1, 0.15) is 0 Å². The fourth-order valence-electron chi connectivity index (χ4n) is 2.69. The molecule has 0 aliphatic heterocycles. The first kappa shape index (κ1) is 15.7. The first-order chi connectivity index (χ1) is 11.5. The summed E-state index contributed by atoms with van der Waals surface area (Å²) in [4.78, 5) is 18.2. The number of benzene rings is 1. The van der Waals surface area contributed by atoms with Gasteiger partial charge in [-0.1, -0.05) is 18.2 Å². The lowest BCUT2D eigenvalue weighted by molar-refractivity contribution is 0.965. The number of para-hydroxylation sites is 1. The highest BCUT2D eigenvalue weighted by Crippen LogP contribution is 2.19. The lowest BCUT2D eigenvalue weighted by Crippen LogP contribution is -2.10. The van der Waals surface area contributed by atoms with E-state index in [4.69, 9.17) is 0 Å². The molecule has 0 fully saturated rings. The first-order valence-electron chi connectivity index (χ1n) is 7.66. The van der Waals surface area contributed by atoms with Crippen LogP contribution in [0.25, 0.3) is 5.69 Å². The van der Waals surface area contributed by atoms with Gasteiger partial charge in [-0.2, -0.15) is 5.10 Å². The number of anilines is 1. The van der Waals surface area contributed by atoms with E-state index in [1.165, 1.54) is 6.07 Å². The maximum atomic E-state index is 11.4. The molecule has 0 spiro atoms. The number of aromatic amines is 1. The lowest BCUT2D eigenvalue weighted by Gasteiger charge is -2.08. The lowest BCUT2D eigenvalue weighted by atomic mass is 10.2. The Morgan fingerprint density at radius 2 is 1.92 bits per heavy atom. The highest BCUT2D eigenvalue weighted by Gasteiger charge is 2.08. The zero-order valence-electron chi connectivity index (χ0n) is 13.9. The largest absolute Gasteiger partial charge is 0.318 e. The summed E-state index contributed by atoms with van der Waals surface area (Å²) >= 11 is 0. The molecule has 122 valence electrons. The third kappa shape index (κ3) is 3.27. The number of nitrogens with zero attached hydrogens (tertiary/aromatic N) is 3. The Kier molecular flexibility index (Phi) is 4.29. The molecule has 0 aliphatic rings. The third-order valence-corrected chi connectivity index (χ3v) is 3.73. The van der Waals surface area contributed by atoms with Crippen LogP contribution in [0.15, 0.2) is 52.4 Å². The smallest absolute Gasteiger partial charge is 0.252 e. The highest BCUT2D eigenvalue weighted by molar-refractivity contribution is 5.82. The molecule has 1 aromatic carbocycles. The van der Waals surface area contributed by atoms with Crippen molar-refractivity contribution in [3.8, 4) is 5.69 Å². The summed E-state index contributed by atoms with van der Waals surface area (Å²) in [6.07, 6.45) is 1.73. The molecule has 0 saturated heterocycles. The van der Waals surface area contributed by atoms with Crippen molar-refractivity contribution in [2.45, 2.75) is 20.8 Å². The minimum Gasteiger partial charge on any atom is -0.318 e. The average molecular weight is 321 g/mol. The Bertz CT molecular complexity index is 938. The van der Waals surface area contributed by atoms with Crippen LogP contribution < -0.4 is 11.0 Å². The highest BCUT2D eigenvalue weighted by atomic mass is 16.1. The van der Waals surface area contributed by atoms with Crippen molar-refractivity contribution in [2.24, 2.45) is 5.10 Å². The number of H-pyrrole nitrogens is 1. The quantitative estimate of drug-likeness (QED) is 0.573. The molecule has 0 atom stereocenters. The topological polar surface area (TPSA) is 75.1 Å².